The lowest BCUT2D eigenvalue weighted by Gasteiger charge is -2.29. The van der Waals surface area contributed by atoms with E-state index in [-0.39, 0.29) is 6.04 Å². The molecule has 96 valence electrons. The summed E-state index contributed by atoms with van der Waals surface area (Å²) in [6.07, 6.45) is 2.21. The van der Waals surface area contributed by atoms with Gasteiger partial charge in [-0.15, -0.1) is 0 Å². The highest BCUT2D eigenvalue weighted by molar-refractivity contribution is 7.93. The van der Waals surface area contributed by atoms with Crippen molar-refractivity contribution >= 4 is 15.8 Å². The van der Waals surface area contributed by atoms with Gasteiger partial charge in [0, 0.05) is 19.2 Å². The lowest BCUT2D eigenvalue weighted by atomic mass is 10.2. The van der Waals surface area contributed by atoms with Gasteiger partial charge in [0.25, 0.3) is 0 Å². The molecule has 0 aromatic carbocycles. The molecule has 17 heavy (non-hydrogen) atoms. The lowest BCUT2D eigenvalue weighted by Crippen LogP contribution is -2.44. The van der Waals surface area contributed by atoms with Crippen molar-refractivity contribution in [2.45, 2.75) is 31.6 Å². The lowest BCUT2D eigenvalue weighted by molar-refractivity contribution is 0.322. The van der Waals surface area contributed by atoms with Crippen LogP contribution in [0.15, 0.2) is 12.3 Å². The van der Waals surface area contributed by atoms with Gasteiger partial charge in [-0.3, -0.25) is 4.72 Å². The third-order valence-electron chi connectivity index (χ3n) is 3.13. The fraction of sp³-hybridized carbons (Fsp3) is 0.700. The van der Waals surface area contributed by atoms with Gasteiger partial charge in [-0.05, 0) is 13.3 Å². The largest absolute Gasteiger partial charge is 0.312 e. The van der Waals surface area contributed by atoms with Crippen LogP contribution in [0, 0.1) is 0 Å². The van der Waals surface area contributed by atoms with E-state index < -0.39 is 15.3 Å². The van der Waals surface area contributed by atoms with Gasteiger partial charge in [-0.2, -0.15) is 5.10 Å². The van der Waals surface area contributed by atoms with Gasteiger partial charge in [-0.25, -0.2) is 13.1 Å². The molecule has 6 nitrogen and oxygen atoms in total. The molecule has 1 aliphatic rings. The van der Waals surface area contributed by atoms with Crippen molar-refractivity contribution < 1.29 is 8.42 Å². The second-order valence-electron chi connectivity index (χ2n) is 4.34. The molecule has 1 atom stereocenters. The minimum atomic E-state index is -3.30. The number of aromatic nitrogens is 2. The molecule has 0 saturated carbocycles. The number of hydrogen-bond acceptors (Lipinski definition) is 4. The van der Waals surface area contributed by atoms with Crippen LogP contribution in [-0.4, -0.2) is 36.5 Å². The Labute approximate surface area is 101 Å². The van der Waals surface area contributed by atoms with Crippen LogP contribution >= 0.6 is 0 Å². The maximum Gasteiger partial charge on any atom is 0.236 e. The summed E-state index contributed by atoms with van der Waals surface area (Å²) < 4.78 is 28.2. The minimum absolute atomic E-state index is 0.250. The average molecular weight is 258 g/mol. The summed E-state index contributed by atoms with van der Waals surface area (Å²) in [4.78, 5) is 0. The predicted octanol–water partition coefficient (Wildman–Crippen LogP) is 0.568. The minimum Gasteiger partial charge on any atom is -0.312 e. The summed E-state index contributed by atoms with van der Waals surface area (Å²) in [5.41, 5.74) is 0. The Kier molecular flexibility index (Phi) is 3.39. The molecule has 1 aromatic heterocycles. The molecule has 1 saturated heterocycles. The van der Waals surface area contributed by atoms with Gasteiger partial charge in [0.2, 0.25) is 10.0 Å². The summed E-state index contributed by atoms with van der Waals surface area (Å²) in [6.45, 7) is 5.23. The molecule has 2 rings (SSSR count). The van der Waals surface area contributed by atoms with Crippen LogP contribution in [-0.2, 0) is 10.0 Å². The molecule has 2 heterocycles. The summed E-state index contributed by atoms with van der Waals surface area (Å²) in [5.74, 6) is 0.553. The zero-order valence-corrected chi connectivity index (χ0v) is 10.9. The van der Waals surface area contributed by atoms with Crippen molar-refractivity contribution in [2.24, 2.45) is 0 Å². The highest BCUT2D eigenvalue weighted by atomic mass is 32.2. The molecule has 0 radical (unpaired) electrons. The maximum absolute atomic E-state index is 11.9. The average Bonchev–Trinajstić information content (AvgIpc) is 2.62. The highest BCUT2D eigenvalue weighted by Gasteiger charge is 2.25. The Morgan fingerprint density at radius 3 is 2.88 bits per heavy atom. The van der Waals surface area contributed by atoms with E-state index in [2.05, 4.69) is 15.1 Å². The first-order chi connectivity index (χ1) is 8.04. The molecule has 1 aliphatic heterocycles. The van der Waals surface area contributed by atoms with E-state index in [1.54, 1.807) is 23.9 Å². The fourth-order valence-corrected chi connectivity index (χ4v) is 2.69. The first-order valence-electron chi connectivity index (χ1n) is 5.80. The zero-order valence-electron chi connectivity index (χ0n) is 10.0. The van der Waals surface area contributed by atoms with Crippen LogP contribution in [0.2, 0.25) is 0 Å². The third kappa shape index (κ3) is 2.44. The quantitative estimate of drug-likeness (QED) is 0.809. The zero-order chi connectivity index (χ0) is 12.5. The number of nitrogens with zero attached hydrogens (tertiary/aromatic N) is 2. The van der Waals surface area contributed by atoms with Crippen LogP contribution < -0.4 is 10.0 Å². The van der Waals surface area contributed by atoms with Gasteiger partial charge in [-0.1, -0.05) is 6.92 Å². The van der Waals surface area contributed by atoms with Crippen LogP contribution in [0.3, 0.4) is 0 Å². The first kappa shape index (κ1) is 12.4. The predicted molar refractivity (Wildman–Crippen MR) is 66.4 cm³/mol. The van der Waals surface area contributed by atoms with Crippen molar-refractivity contribution in [3.05, 3.63) is 12.3 Å². The summed E-state index contributed by atoms with van der Waals surface area (Å²) in [7, 11) is -3.30. The third-order valence-corrected chi connectivity index (χ3v) is 5.01. The van der Waals surface area contributed by atoms with Gasteiger partial charge < -0.3 is 5.32 Å². The van der Waals surface area contributed by atoms with Crippen molar-refractivity contribution in [3.8, 4) is 0 Å². The van der Waals surface area contributed by atoms with E-state index >= 15 is 0 Å². The van der Waals surface area contributed by atoms with Gasteiger partial charge >= 0.3 is 0 Å². The first-order valence-corrected chi connectivity index (χ1v) is 7.35. The standard InChI is InChI=1S/C10H18N4O2S/c1-3-8(2)17(15,16)13-10-4-5-12-14(10)9-6-11-7-9/h4-5,8-9,11,13H,3,6-7H2,1-2H3. The molecule has 0 spiro atoms. The molecule has 1 fully saturated rings. The smallest absolute Gasteiger partial charge is 0.236 e. The molecule has 0 aliphatic carbocycles. The number of rotatable bonds is 5. The normalized spacial score (nSPS) is 18.7. The molecular weight excluding hydrogens is 240 g/mol. The SMILES string of the molecule is CCC(C)S(=O)(=O)Nc1ccnn1C1CNC1. The van der Waals surface area contributed by atoms with Gasteiger partial charge in [0.1, 0.15) is 5.82 Å². The maximum atomic E-state index is 11.9. The Morgan fingerprint density at radius 2 is 2.35 bits per heavy atom. The molecule has 7 heteroatoms. The topological polar surface area (TPSA) is 76.0 Å². The van der Waals surface area contributed by atoms with Crippen molar-refractivity contribution in [3.63, 3.8) is 0 Å². The van der Waals surface area contributed by atoms with Crippen LogP contribution in [0.1, 0.15) is 26.3 Å². The van der Waals surface area contributed by atoms with Crippen molar-refractivity contribution in [1.82, 2.24) is 15.1 Å². The van der Waals surface area contributed by atoms with Gasteiger partial charge in [0.05, 0.1) is 17.5 Å². The Hall–Kier alpha value is -1.08. The molecule has 2 N–H and O–H groups in total. The summed E-state index contributed by atoms with van der Waals surface area (Å²) >= 11 is 0. The molecule has 1 unspecified atom stereocenters. The van der Waals surface area contributed by atoms with E-state index in [4.69, 9.17) is 0 Å². The monoisotopic (exact) mass is 258 g/mol. The molecule has 1 aromatic rings. The van der Waals surface area contributed by atoms with Crippen molar-refractivity contribution in [2.75, 3.05) is 17.8 Å². The van der Waals surface area contributed by atoms with Crippen LogP contribution in [0.4, 0.5) is 5.82 Å². The molecule has 0 bridgehead atoms. The van der Waals surface area contributed by atoms with Gasteiger partial charge in [0.15, 0.2) is 0 Å². The summed E-state index contributed by atoms with van der Waals surface area (Å²) in [6, 6.07) is 1.94. The highest BCUT2D eigenvalue weighted by Crippen LogP contribution is 2.19. The van der Waals surface area contributed by atoms with Crippen LogP contribution in [0.5, 0.6) is 0 Å². The number of hydrogen-bond donors (Lipinski definition) is 2. The fourth-order valence-electron chi connectivity index (χ4n) is 1.60. The number of sulfonamides is 1. The number of nitrogens with one attached hydrogen (secondary N) is 2. The molecular formula is C10H18N4O2S. The molecule has 0 amide bonds. The van der Waals surface area contributed by atoms with Crippen molar-refractivity contribution in [1.29, 1.82) is 0 Å². The summed E-state index contributed by atoms with van der Waals surface area (Å²) in [5, 5.41) is 6.89. The second-order valence-corrected chi connectivity index (χ2v) is 6.44. The van der Waals surface area contributed by atoms with E-state index in [1.165, 1.54) is 0 Å². The second kappa shape index (κ2) is 4.66. The Morgan fingerprint density at radius 1 is 1.65 bits per heavy atom. The van der Waals surface area contributed by atoms with E-state index in [0.29, 0.717) is 12.2 Å². The van der Waals surface area contributed by atoms with E-state index in [9.17, 15) is 8.42 Å². The number of anilines is 1. The van der Waals surface area contributed by atoms with Crippen LogP contribution in [0.25, 0.3) is 0 Å². The van der Waals surface area contributed by atoms with E-state index in [0.717, 1.165) is 13.1 Å². The van der Waals surface area contributed by atoms with E-state index in [1.807, 2.05) is 6.92 Å². The Balaban J connectivity index is 2.16. The Bertz CT molecular complexity index is 478.